The third kappa shape index (κ3) is 10.0. The van der Waals surface area contributed by atoms with E-state index in [1.807, 2.05) is 25.9 Å². The van der Waals surface area contributed by atoms with Crippen LogP contribution in [0.2, 0.25) is 0 Å². The van der Waals surface area contributed by atoms with Crippen LogP contribution in [0, 0.1) is 17.8 Å². The summed E-state index contributed by atoms with van der Waals surface area (Å²) in [7, 11) is 5.16. The number of nitrogens with zero attached hydrogens (tertiary/aromatic N) is 2. The van der Waals surface area contributed by atoms with Gasteiger partial charge in [0, 0.05) is 42.2 Å². The minimum atomic E-state index is -2.71. The molecule has 306 valence electrons. The van der Waals surface area contributed by atoms with Crippen LogP contribution in [0.3, 0.4) is 0 Å². The molecule has 0 aliphatic carbocycles. The van der Waals surface area contributed by atoms with E-state index in [2.05, 4.69) is 0 Å². The summed E-state index contributed by atoms with van der Waals surface area (Å²) in [4.78, 5) is 17.3. The number of methoxy groups -OCH3 is 1. The molecule has 5 N–H and O–H groups in total. The first-order valence-corrected chi connectivity index (χ1v) is 18.9. The number of carbonyl (C=O) groups excluding carboxylic acids is 1. The summed E-state index contributed by atoms with van der Waals surface area (Å²) in [5, 5.41) is 58.4. The maximum absolute atomic E-state index is 14.3. The molecule has 0 bridgehead atoms. The van der Waals surface area contributed by atoms with Crippen molar-refractivity contribution in [3.05, 3.63) is 0 Å². The van der Waals surface area contributed by atoms with Gasteiger partial charge < -0.3 is 63.8 Å². The van der Waals surface area contributed by atoms with Gasteiger partial charge in [0.25, 0.3) is 0 Å². The van der Waals surface area contributed by atoms with E-state index < -0.39 is 109 Å². The molecule has 14 nitrogen and oxygen atoms in total. The number of esters is 1. The van der Waals surface area contributed by atoms with Gasteiger partial charge in [-0.05, 0) is 94.7 Å². The summed E-state index contributed by atoms with van der Waals surface area (Å²) >= 11 is 0. The zero-order chi connectivity index (χ0) is 42.2. The van der Waals surface area contributed by atoms with Crippen LogP contribution >= 0.6 is 0 Å². The Morgan fingerprint density at radius 3 is 2.17 bits per heavy atom. The number of likely N-dealkylation sites (N-methyl/N-ethyl adjacent to an activating group) is 2. The van der Waals surface area contributed by atoms with Crippen LogP contribution in [0.15, 0.2) is 0 Å². The van der Waals surface area contributed by atoms with E-state index in [-0.39, 0.29) is 38.0 Å². The highest BCUT2D eigenvalue weighted by Gasteiger charge is 2.52. The molecule has 18 atom stereocenters. The van der Waals surface area contributed by atoms with Gasteiger partial charge in [-0.1, -0.05) is 20.8 Å². The highest BCUT2D eigenvalue weighted by atomic mass is 16.7. The summed E-state index contributed by atoms with van der Waals surface area (Å²) < 4.78 is 62.4. The Bertz CT molecular complexity index is 1250. The first-order valence-electron chi connectivity index (χ1n) is 20.4. The Morgan fingerprint density at radius 2 is 1.62 bits per heavy atom. The monoisotopic (exact) mass is 752 g/mol. The Hall–Kier alpha value is -1.01. The van der Waals surface area contributed by atoms with Crippen molar-refractivity contribution in [3.63, 3.8) is 0 Å². The third-order valence-electron chi connectivity index (χ3n) is 11.9. The molecule has 9 unspecified atom stereocenters. The first-order chi connectivity index (χ1) is 25.1. The summed E-state index contributed by atoms with van der Waals surface area (Å²) in [5.74, 6) is -3.31. The quantitative estimate of drug-likeness (QED) is 0.238. The van der Waals surface area contributed by atoms with E-state index in [1.54, 1.807) is 48.5 Å². The van der Waals surface area contributed by atoms with Crippen LogP contribution in [-0.2, 0) is 33.2 Å². The molecule has 52 heavy (non-hydrogen) atoms. The largest absolute Gasteiger partial charge is 0.459 e. The zero-order valence-corrected chi connectivity index (χ0v) is 33.7. The molecule has 3 fully saturated rings. The number of cyclic esters (lactones) is 1. The molecule has 0 spiro atoms. The normalized spacial score (nSPS) is 50.7. The number of carbonyl (C=O) groups is 1. The second kappa shape index (κ2) is 17.8. The number of rotatable bonds is 7. The summed E-state index contributed by atoms with van der Waals surface area (Å²) in [5.41, 5.74) is -4.92. The topological polar surface area (TPSA) is 180 Å². The van der Waals surface area contributed by atoms with Crippen LogP contribution < -0.4 is 0 Å². The molecule has 3 aliphatic heterocycles. The van der Waals surface area contributed by atoms with Gasteiger partial charge in [-0.15, -0.1) is 0 Å². The van der Waals surface area contributed by atoms with Crippen molar-refractivity contribution in [2.75, 3.05) is 34.7 Å². The van der Waals surface area contributed by atoms with Gasteiger partial charge in [0.15, 0.2) is 12.6 Å². The Balaban J connectivity index is 2.23. The highest BCUT2D eigenvalue weighted by molar-refractivity contribution is 5.73. The van der Waals surface area contributed by atoms with Crippen LogP contribution in [0.1, 0.15) is 99.0 Å². The lowest BCUT2D eigenvalue weighted by atomic mass is 9.77. The number of ether oxygens (including phenoxy) is 6. The maximum atomic E-state index is 14.3. The molecule has 3 heterocycles. The molecule has 0 aromatic rings. The maximum Gasteiger partial charge on any atom is 0.311 e. The van der Waals surface area contributed by atoms with E-state index in [4.69, 9.17) is 32.5 Å². The van der Waals surface area contributed by atoms with Gasteiger partial charge in [-0.3, -0.25) is 4.79 Å². The van der Waals surface area contributed by atoms with E-state index in [0.29, 0.717) is 6.42 Å². The van der Waals surface area contributed by atoms with E-state index in [9.17, 15) is 30.3 Å². The van der Waals surface area contributed by atoms with Crippen molar-refractivity contribution in [1.82, 2.24) is 9.80 Å². The second-order valence-electron chi connectivity index (χ2n) is 16.9. The molecule has 0 amide bonds. The van der Waals surface area contributed by atoms with Gasteiger partial charge in [0.2, 0.25) is 0 Å². The van der Waals surface area contributed by atoms with E-state index >= 15 is 0 Å². The molecule has 0 aromatic carbocycles. The van der Waals surface area contributed by atoms with E-state index in [0.717, 1.165) is 4.90 Å². The third-order valence-corrected chi connectivity index (χ3v) is 11.9. The summed E-state index contributed by atoms with van der Waals surface area (Å²) in [6, 6.07) is -1.48. The molecule has 3 rings (SSSR count). The molecule has 14 heteroatoms. The highest BCUT2D eigenvalue weighted by Crippen LogP contribution is 2.40. The summed E-state index contributed by atoms with van der Waals surface area (Å²) in [6.45, 7) is 13.6. The second-order valence-corrected chi connectivity index (χ2v) is 16.9. The summed E-state index contributed by atoms with van der Waals surface area (Å²) in [6.07, 6.45) is -9.99. The first kappa shape index (κ1) is 40.6. The van der Waals surface area contributed by atoms with Crippen molar-refractivity contribution in [2.24, 2.45) is 17.8 Å². The minimum Gasteiger partial charge on any atom is -0.459 e. The SMILES string of the molecule is [2H]C([2H])([2H])N1C[C@@H](C)C[C@](C)(O)C(OC2OC(C)CC(N(C)C)C2O)[C@H](C)[C@@H](OC2CC(C)(OC)C(O)C(C)O2)[C@H](C)C(=O)O[C@@H](CC)[C@](C)(O)[C@@H](O)[C@@H]1C. The van der Waals surface area contributed by atoms with Gasteiger partial charge in [0.05, 0.1) is 41.5 Å². The fourth-order valence-electron chi connectivity index (χ4n) is 8.51. The van der Waals surface area contributed by atoms with Gasteiger partial charge in [-0.2, -0.15) is 0 Å². The number of aliphatic hydroxyl groups is 5. The Labute approximate surface area is 316 Å². The average molecular weight is 752 g/mol. The van der Waals surface area contributed by atoms with Crippen molar-refractivity contribution >= 4 is 5.97 Å². The predicted molar refractivity (Wildman–Crippen MR) is 194 cm³/mol. The van der Waals surface area contributed by atoms with Crippen LogP contribution in [0.25, 0.3) is 0 Å². The van der Waals surface area contributed by atoms with Gasteiger partial charge in [-0.25, -0.2) is 0 Å². The van der Waals surface area contributed by atoms with Crippen molar-refractivity contribution < 1.29 is 62.9 Å². The molecule has 0 radical (unpaired) electrons. The van der Waals surface area contributed by atoms with Gasteiger partial charge >= 0.3 is 5.97 Å². The van der Waals surface area contributed by atoms with Gasteiger partial charge in [0.1, 0.15) is 30.0 Å². The standard InChI is InChI=1S/C38H72N2O12/c1-15-27-38(10,46)31(42)24(6)40(13)19-20(2)17-36(8,45)33(52-35-29(41)26(39(11)12)16-21(3)48-35)22(4)30(23(5)34(44)50-27)51-28-18-37(9,47-14)32(43)25(7)49-28/h20-33,35,41-43,45-46H,15-19H2,1-14H3/t20-,21?,22+,23-,24-,25?,26?,27-,28?,29?,30+,31-,32?,33?,35?,36-,37?,38-/m0/s1/i13D3. The smallest absolute Gasteiger partial charge is 0.311 e. The molecule has 3 saturated heterocycles. The average Bonchev–Trinajstić information content (AvgIpc) is 3.08. The Morgan fingerprint density at radius 1 is 0.981 bits per heavy atom. The van der Waals surface area contributed by atoms with Crippen molar-refractivity contribution in [2.45, 2.75) is 185 Å². The fraction of sp³-hybridized carbons (Fsp3) is 0.974. The lowest BCUT2D eigenvalue weighted by molar-refractivity contribution is -0.318. The number of hydrogen-bond acceptors (Lipinski definition) is 14. The van der Waals surface area contributed by atoms with E-state index in [1.165, 1.54) is 21.0 Å². The van der Waals surface area contributed by atoms with Crippen molar-refractivity contribution in [1.29, 1.82) is 0 Å². The molecule has 3 aliphatic rings. The predicted octanol–water partition coefficient (Wildman–Crippen LogP) is 1.90. The van der Waals surface area contributed by atoms with Crippen LogP contribution in [0.5, 0.6) is 0 Å². The van der Waals surface area contributed by atoms with Crippen LogP contribution in [0.4, 0.5) is 0 Å². The lowest BCUT2D eigenvalue weighted by Crippen LogP contribution is -2.60. The molecular formula is C38H72N2O12. The Kier molecular flexibility index (Phi) is 14.0. The van der Waals surface area contributed by atoms with Crippen LogP contribution in [-0.4, -0.2) is 166 Å². The molecule has 0 saturated carbocycles. The number of hydrogen-bond donors (Lipinski definition) is 5. The zero-order valence-electron chi connectivity index (χ0n) is 36.7. The fourth-order valence-corrected chi connectivity index (χ4v) is 8.51. The van der Waals surface area contributed by atoms with Crippen molar-refractivity contribution in [3.8, 4) is 0 Å². The molecular weight excluding hydrogens is 676 g/mol. The number of aliphatic hydroxyl groups excluding tert-OH is 3. The minimum absolute atomic E-state index is 0.0305. The lowest BCUT2D eigenvalue weighted by Gasteiger charge is -2.48. The molecule has 0 aromatic heterocycles.